The third kappa shape index (κ3) is 8.96. The Morgan fingerprint density at radius 1 is 1.05 bits per heavy atom. The number of rotatable bonds is 8. The molecule has 3 saturated heterocycles. The Morgan fingerprint density at radius 3 is 2.51 bits per heavy atom. The van der Waals surface area contributed by atoms with Gasteiger partial charge in [-0.3, -0.25) is 4.79 Å². The SMILES string of the molecule is CCC(C)[C@H]1O[C@]2(C=C[C@@H]1C)C[C@@H]1C[C@@H](C/C=C(\C)[C@@H](O[C@H]3C[C@H](OC)[C@H](S(=O)(=O)CCO)[C@H](C)O3)[C@@H](C)/C=C/C=C3\CO[C@@H]4[C@H](O)C(C)=C[C@@H](C(=O)O1)[C@]34O)O2. The molecule has 16 atom stereocenters. The molecule has 6 aliphatic rings. The summed E-state index contributed by atoms with van der Waals surface area (Å²) < 4.78 is 70.8. The van der Waals surface area contributed by atoms with Gasteiger partial charge < -0.3 is 48.5 Å². The highest BCUT2D eigenvalue weighted by Crippen LogP contribution is 2.47. The van der Waals surface area contributed by atoms with Gasteiger partial charge in [0, 0.05) is 38.2 Å². The lowest BCUT2D eigenvalue weighted by atomic mass is 9.71. The predicted octanol–water partition coefficient (Wildman–Crippen LogP) is 4.26. The molecule has 3 fully saturated rings. The molecule has 6 rings (SSSR count). The maximum atomic E-state index is 14.3. The third-order valence-electron chi connectivity index (χ3n) is 13.0. The Hall–Kier alpha value is -2.24. The zero-order valence-corrected chi connectivity index (χ0v) is 35.4. The zero-order chi connectivity index (χ0) is 41.4. The number of hydrogen-bond donors (Lipinski definition) is 3. The summed E-state index contributed by atoms with van der Waals surface area (Å²) in [6.07, 6.45) is 9.20. The number of fused-ring (bicyclic) bond motifs is 2. The van der Waals surface area contributed by atoms with Crippen molar-refractivity contribution in [3.63, 3.8) is 0 Å². The van der Waals surface area contributed by atoms with Gasteiger partial charge in [0.2, 0.25) is 0 Å². The number of ether oxygens (including phenoxy) is 7. The molecular formula is C43H64O13S. The van der Waals surface area contributed by atoms with E-state index in [4.69, 9.17) is 33.2 Å². The molecule has 0 aromatic heterocycles. The molecule has 0 amide bonds. The Bertz CT molecular complexity index is 1720. The van der Waals surface area contributed by atoms with Crippen molar-refractivity contribution < 1.29 is 61.7 Å². The molecule has 0 radical (unpaired) electrons. The van der Waals surface area contributed by atoms with Gasteiger partial charge in [0.15, 0.2) is 21.9 Å². The fourth-order valence-corrected chi connectivity index (χ4v) is 11.5. The maximum Gasteiger partial charge on any atom is 0.316 e. The molecule has 5 heterocycles. The van der Waals surface area contributed by atoms with Crippen molar-refractivity contribution in [3.8, 4) is 0 Å². The molecule has 57 heavy (non-hydrogen) atoms. The fraction of sp³-hybridized carbons (Fsp3) is 0.744. The number of aliphatic hydroxyl groups excluding tert-OH is 2. The maximum absolute atomic E-state index is 14.3. The first kappa shape index (κ1) is 44.3. The number of allylic oxidation sites excluding steroid dienone is 2. The average molecular weight is 821 g/mol. The lowest BCUT2D eigenvalue weighted by Gasteiger charge is -2.48. The van der Waals surface area contributed by atoms with E-state index in [-0.39, 0.29) is 43.3 Å². The van der Waals surface area contributed by atoms with Crippen LogP contribution in [0.15, 0.2) is 59.3 Å². The van der Waals surface area contributed by atoms with Gasteiger partial charge in [-0.25, -0.2) is 8.42 Å². The van der Waals surface area contributed by atoms with Crippen LogP contribution in [0.4, 0.5) is 0 Å². The summed E-state index contributed by atoms with van der Waals surface area (Å²) in [5.74, 6) is -3.13. The molecule has 0 aromatic carbocycles. The first-order valence-electron chi connectivity index (χ1n) is 20.6. The number of carbonyl (C=O) groups excluding carboxylic acids is 1. The molecule has 5 aliphatic heterocycles. The molecule has 1 spiro atoms. The van der Waals surface area contributed by atoms with Crippen molar-refractivity contribution >= 4 is 15.8 Å². The number of carbonyl (C=O) groups is 1. The molecule has 3 N–H and O–H groups in total. The van der Waals surface area contributed by atoms with Gasteiger partial charge in [-0.1, -0.05) is 70.6 Å². The van der Waals surface area contributed by atoms with Crippen LogP contribution < -0.4 is 0 Å². The van der Waals surface area contributed by atoms with E-state index in [0.29, 0.717) is 24.0 Å². The topological polar surface area (TPSA) is 177 Å². The molecule has 320 valence electrons. The molecule has 0 saturated carbocycles. The summed E-state index contributed by atoms with van der Waals surface area (Å²) in [5.41, 5.74) is -0.0230. The first-order chi connectivity index (χ1) is 27.0. The summed E-state index contributed by atoms with van der Waals surface area (Å²) >= 11 is 0. The predicted molar refractivity (Wildman–Crippen MR) is 211 cm³/mol. The van der Waals surface area contributed by atoms with Crippen molar-refractivity contribution in [2.45, 2.75) is 152 Å². The highest BCUT2D eigenvalue weighted by atomic mass is 32.2. The quantitative estimate of drug-likeness (QED) is 0.234. The number of methoxy groups -OCH3 is 1. The van der Waals surface area contributed by atoms with E-state index < -0.39 is 99.7 Å². The Balaban J connectivity index is 1.37. The van der Waals surface area contributed by atoms with Crippen LogP contribution in [0.1, 0.15) is 80.6 Å². The average Bonchev–Trinajstić information content (AvgIpc) is 3.50. The van der Waals surface area contributed by atoms with Crippen LogP contribution in [0, 0.1) is 23.7 Å². The van der Waals surface area contributed by atoms with E-state index in [1.165, 1.54) is 7.11 Å². The van der Waals surface area contributed by atoms with Gasteiger partial charge in [-0.15, -0.1) is 0 Å². The molecule has 0 aromatic rings. The smallest absolute Gasteiger partial charge is 0.316 e. The van der Waals surface area contributed by atoms with Crippen molar-refractivity contribution in [1.82, 2.24) is 0 Å². The second-order valence-corrected chi connectivity index (χ2v) is 19.4. The van der Waals surface area contributed by atoms with Crippen molar-refractivity contribution in [1.29, 1.82) is 0 Å². The van der Waals surface area contributed by atoms with Crippen LogP contribution in [0.5, 0.6) is 0 Å². The van der Waals surface area contributed by atoms with Crippen LogP contribution in [0.25, 0.3) is 0 Å². The number of esters is 1. The Labute approximate surface area is 338 Å². The highest BCUT2D eigenvalue weighted by molar-refractivity contribution is 7.92. The minimum Gasteiger partial charge on any atom is -0.462 e. The first-order valence-corrected chi connectivity index (χ1v) is 22.3. The second-order valence-electron chi connectivity index (χ2n) is 17.1. The van der Waals surface area contributed by atoms with Crippen LogP contribution >= 0.6 is 0 Å². The van der Waals surface area contributed by atoms with Gasteiger partial charge in [0.05, 0.1) is 49.5 Å². The number of hydrogen-bond acceptors (Lipinski definition) is 13. The van der Waals surface area contributed by atoms with E-state index in [1.54, 1.807) is 32.1 Å². The van der Waals surface area contributed by atoms with Gasteiger partial charge in [-0.05, 0) is 55.9 Å². The summed E-state index contributed by atoms with van der Waals surface area (Å²) in [6, 6.07) is 0. The van der Waals surface area contributed by atoms with Crippen molar-refractivity contribution in [2.75, 3.05) is 26.1 Å². The minimum absolute atomic E-state index is 0.00352. The molecular weight excluding hydrogens is 757 g/mol. The van der Waals surface area contributed by atoms with Crippen LogP contribution in [0.3, 0.4) is 0 Å². The van der Waals surface area contributed by atoms with E-state index in [1.807, 2.05) is 26.0 Å². The summed E-state index contributed by atoms with van der Waals surface area (Å²) in [7, 11) is -2.25. The molecule has 13 nitrogen and oxygen atoms in total. The van der Waals surface area contributed by atoms with E-state index >= 15 is 0 Å². The fourth-order valence-electron chi connectivity index (χ4n) is 9.64. The molecule has 2 bridgehead atoms. The minimum atomic E-state index is -3.72. The van der Waals surface area contributed by atoms with E-state index in [9.17, 15) is 28.5 Å². The summed E-state index contributed by atoms with van der Waals surface area (Å²) in [5, 5.41) is 32.0. The van der Waals surface area contributed by atoms with Gasteiger partial charge >= 0.3 is 5.97 Å². The normalized spacial score (nSPS) is 45.8. The highest BCUT2D eigenvalue weighted by Gasteiger charge is 2.60. The second kappa shape index (κ2) is 17.8. The molecule has 1 unspecified atom stereocenters. The van der Waals surface area contributed by atoms with Crippen molar-refractivity contribution in [2.24, 2.45) is 23.7 Å². The lowest BCUT2D eigenvalue weighted by Crippen LogP contribution is -2.58. The van der Waals surface area contributed by atoms with Crippen molar-refractivity contribution in [3.05, 3.63) is 59.3 Å². The molecule has 1 aliphatic carbocycles. The Morgan fingerprint density at radius 2 is 1.81 bits per heavy atom. The monoisotopic (exact) mass is 820 g/mol. The van der Waals surface area contributed by atoms with Crippen LogP contribution in [0.2, 0.25) is 0 Å². The summed E-state index contributed by atoms with van der Waals surface area (Å²) in [4.78, 5) is 14.3. The largest absolute Gasteiger partial charge is 0.462 e. The number of sulfone groups is 1. The zero-order valence-electron chi connectivity index (χ0n) is 34.6. The van der Waals surface area contributed by atoms with E-state index in [0.717, 1.165) is 12.0 Å². The standard InChI is InChI=1S/C43H64O13S/c1-9-24(2)38-27(5)15-16-42(56-38)22-32-20-31(55-42)14-13-26(4)37(54-35-21-34(50-8)39(29(7)52-35)57(48,49)18-17-44)25(3)11-10-12-30-23-51-40-36(45)28(6)19-33(41(46)53-32)43(30,40)47/h10-13,15-16,19,24-25,27,29,31-40,44-45,47H,9,14,17-18,20-23H2,1-8H3/b11-10+,26-13+,30-12+/t24?,25-,27-,29-,31+,32-,33-,34-,35-,36+,37-,38+,39+,40+,42+,43+/m0/s1. The van der Waals surface area contributed by atoms with Gasteiger partial charge in [0.25, 0.3) is 0 Å². The van der Waals surface area contributed by atoms with Crippen LogP contribution in [-0.2, 0) is 47.8 Å². The summed E-state index contributed by atoms with van der Waals surface area (Å²) in [6.45, 7) is 13.3. The van der Waals surface area contributed by atoms with Gasteiger partial charge in [0.1, 0.15) is 35.1 Å². The third-order valence-corrected chi connectivity index (χ3v) is 15.3. The lowest BCUT2D eigenvalue weighted by molar-refractivity contribution is -0.300. The Kier molecular flexibility index (Phi) is 13.8. The molecule has 14 heteroatoms. The number of aliphatic hydroxyl groups is 3. The van der Waals surface area contributed by atoms with Gasteiger partial charge in [-0.2, -0.15) is 0 Å². The van der Waals surface area contributed by atoms with E-state index in [2.05, 4.69) is 32.9 Å². The van der Waals surface area contributed by atoms with Crippen LogP contribution in [-0.4, -0.2) is 128 Å².